The predicted octanol–water partition coefficient (Wildman–Crippen LogP) is -19.0. The van der Waals surface area contributed by atoms with Crippen LogP contribution in [0.25, 0.3) is 0 Å². The van der Waals surface area contributed by atoms with E-state index in [1.165, 1.54) is 0 Å². The van der Waals surface area contributed by atoms with Crippen LogP contribution in [-0.2, 0) is 154 Å². The molecule has 0 aliphatic carbocycles. The van der Waals surface area contributed by atoms with E-state index in [-0.39, 0.29) is 234 Å². The third-order valence-corrected chi connectivity index (χ3v) is 0. The van der Waals surface area contributed by atoms with Gasteiger partial charge in [-0.15, -0.1) is 0 Å². The molecule has 0 aromatic heterocycles. The summed E-state index contributed by atoms with van der Waals surface area (Å²) in [5.74, 6) is 0. The van der Waals surface area contributed by atoms with Crippen molar-refractivity contribution in [2.75, 3.05) is 0 Å². The van der Waals surface area contributed by atoms with Crippen LogP contribution in [-0.4, -0.2) is 152 Å². The van der Waals surface area contributed by atoms with Gasteiger partial charge in [-0.1, -0.05) is 0 Å². The number of hydrogen-bond donors (Lipinski definition) is 0. The predicted molar refractivity (Wildman–Crippen MR) is 27.8 cm³/mol. The quantitative estimate of drug-likeness (QED) is 0.203. The van der Waals surface area contributed by atoms with Crippen LogP contribution < -0.4 is 51.6 Å². The monoisotopic (exact) mass is 1650 g/mol. The van der Waals surface area contributed by atoms with Crippen LogP contribution in [0.15, 0.2) is 0 Å². The standard InChI is InChI=1S/2Ba.2Nd.21O.2Pb.7Ti/q2*+2;2*+3;;;;;;;;14*-1;2*+2;;;;;;;. The normalized spacial score (nSPS) is 5.35. The molecule has 0 aliphatic heterocycles. The Morgan fingerprint density at radius 2 is 0.265 bits per heavy atom. The van der Waals surface area contributed by atoms with Gasteiger partial charge in [-0.3, -0.25) is 0 Å². The van der Waals surface area contributed by atoms with Crippen LogP contribution in [0.4, 0.5) is 0 Å². The zero-order valence-corrected chi connectivity index (χ0v) is 49.5. The van der Waals surface area contributed by atoms with Gasteiger partial charge in [-0.05, 0) is 0 Å². The Kier molecular flexibility index (Phi) is 198. The third kappa shape index (κ3) is 646. The van der Waals surface area contributed by atoms with E-state index < -0.39 is 130 Å². The Balaban J connectivity index is -0.0000000134. The molecule has 0 saturated heterocycles. The SMILES string of the molecule is [Ba+2].[Ba+2].[Nd+3].[Nd+3].[O]=[Ti]([O-])[O-].[O]=[Ti]([O-])[O-].[O]=[Ti]([O-])[O-].[O]=[Ti]([O-])[O-].[O]=[Ti]([O-])[O-].[O]=[Ti]([O-])[O-].[O]=[Ti]([O-])[O-].[Pb+2].[Pb+2]. The van der Waals surface area contributed by atoms with Gasteiger partial charge in [0.15, 0.2) is 0 Å². The van der Waals surface area contributed by atoms with Crippen molar-refractivity contribution < 1.29 is 287 Å². The fraction of sp³-hybridized carbons (Fsp3) is 0. The first kappa shape index (κ1) is 85.0. The molecular formula is Ba2Nd2O21Pb2Ti7. The Bertz CT molecular complexity index is 334. The van der Waals surface area contributed by atoms with Gasteiger partial charge in [0.2, 0.25) is 0 Å². The van der Waals surface area contributed by atoms with E-state index in [0.717, 1.165) is 0 Å². The largest absolute Gasteiger partial charge is 2.00 e. The van der Waals surface area contributed by atoms with E-state index in [4.69, 9.17) is 74.9 Å². The summed E-state index contributed by atoms with van der Waals surface area (Å²) in [6.45, 7) is 0. The molecule has 174 valence electrons. The molecule has 34 heteroatoms. The molecule has 0 bridgehead atoms. The zero-order valence-electron chi connectivity index (χ0n) is 15.5. The summed E-state index contributed by atoms with van der Waals surface area (Å²) in [5, 5.41) is 0. The average molecular weight is 1650 g/mol. The van der Waals surface area contributed by atoms with Crippen molar-refractivity contribution in [1.29, 1.82) is 0 Å². The maximum atomic E-state index is 8.58. The summed E-state index contributed by atoms with van der Waals surface area (Å²) < 4.78 is 180. The zero-order chi connectivity index (χ0) is 25.0. The molecule has 21 nitrogen and oxygen atoms in total. The second kappa shape index (κ2) is 79.3. The molecule has 0 aromatic carbocycles. The van der Waals surface area contributed by atoms with Gasteiger partial charge in [0.05, 0.1) is 0 Å². The topological polar surface area (TPSA) is 442 Å². The van der Waals surface area contributed by atoms with Crippen molar-refractivity contribution in [3.63, 3.8) is 0 Å². The van der Waals surface area contributed by atoms with Crippen LogP contribution in [0, 0.1) is 81.7 Å². The van der Waals surface area contributed by atoms with E-state index in [0.29, 0.717) is 0 Å². The molecule has 0 heterocycles. The molecule has 0 aliphatic rings. The van der Waals surface area contributed by atoms with Crippen LogP contribution in [0.3, 0.4) is 0 Å². The van der Waals surface area contributed by atoms with E-state index in [9.17, 15) is 0 Å². The third-order valence-electron chi connectivity index (χ3n) is 0. The molecule has 0 saturated carbocycles. The Morgan fingerprint density at radius 1 is 0.265 bits per heavy atom. The number of rotatable bonds is 0. The minimum Gasteiger partial charge on any atom is 2.00 e. The van der Waals surface area contributed by atoms with Crippen LogP contribution in [0.5, 0.6) is 0 Å². The first-order valence-corrected chi connectivity index (χ1v) is 17.7. The summed E-state index contributed by atoms with van der Waals surface area (Å²) in [4.78, 5) is 0. The van der Waals surface area contributed by atoms with E-state index in [1.807, 2.05) is 0 Å². The molecule has 0 atom stereocenters. The van der Waals surface area contributed by atoms with Gasteiger partial charge in [0.1, 0.15) is 0 Å². The van der Waals surface area contributed by atoms with Gasteiger partial charge >= 0.3 is 439 Å². The Hall–Kier alpha value is 10.7. The van der Waals surface area contributed by atoms with Gasteiger partial charge in [-0.2, -0.15) is 0 Å². The molecule has 0 spiro atoms. The molecular weight excluding hydrogens is 1650 g/mol. The first-order valence-electron chi connectivity index (χ1n) is 4.29. The first-order chi connectivity index (χ1) is 12.1. The summed E-state index contributed by atoms with van der Waals surface area (Å²) >= 11 is -28.6. The van der Waals surface area contributed by atoms with E-state index >= 15 is 0 Å². The smallest absolute Gasteiger partial charge is 2.00 e. The molecule has 0 fully saturated rings. The average Bonchev–Trinajstić information content (AvgIpc) is 2.20. The molecule has 0 amide bonds. The second-order valence-electron chi connectivity index (χ2n) is 1.75. The van der Waals surface area contributed by atoms with Gasteiger partial charge in [-0.25, -0.2) is 0 Å². The second-order valence-corrected chi connectivity index (χ2v) is 7.22. The maximum Gasteiger partial charge on any atom is 2.00 e. The molecule has 34 heavy (non-hydrogen) atoms. The molecule has 6 radical (unpaired) electrons. The van der Waals surface area contributed by atoms with Gasteiger partial charge < -0.3 is 0 Å². The van der Waals surface area contributed by atoms with Crippen LogP contribution in [0.1, 0.15) is 0 Å². The number of hydrogen-bond acceptors (Lipinski definition) is 21. The van der Waals surface area contributed by atoms with Gasteiger partial charge in [0.25, 0.3) is 0 Å². The van der Waals surface area contributed by atoms with Crippen LogP contribution >= 0.6 is 0 Å². The summed E-state index contributed by atoms with van der Waals surface area (Å²) in [6, 6.07) is 0. The van der Waals surface area contributed by atoms with Crippen LogP contribution in [0.2, 0.25) is 0 Å². The maximum absolute atomic E-state index is 8.58. The molecule has 0 N–H and O–H groups in total. The fourth-order valence-corrected chi connectivity index (χ4v) is 0. The van der Waals surface area contributed by atoms with Crippen molar-refractivity contribution in [2.45, 2.75) is 0 Å². The van der Waals surface area contributed by atoms with Crippen molar-refractivity contribution in [2.24, 2.45) is 0 Å². The summed E-state index contributed by atoms with van der Waals surface area (Å²) in [5.41, 5.74) is 0. The fourth-order valence-electron chi connectivity index (χ4n) is 0. The minimum absolute atomic E-state index is 0. The molecule has 0 rings (SSSR count). The molecule has 0 unspecified atom stereocenters. The summed E-state index contributed by atoms with van der Waals surface area (Å²) in [6.07, 6.45) is 0. The van der Waals surface area contributed by atoms with E-state index in [1.54, 1.807) is 0 Å². The summed E-state index contributed by atoms with van der Waals surface area (Å²) in [7, 11) is 0. The van der Waals surface area contributed by atoms with Crippen molar-refractivity contribution in [3.05, 3.63) is 0 Å². The minimum atomic E-state index is -4.08. The Labute approximate surface area is 425 Å². The van der Waals surface area contributed by atoms with E-state index in [2.05, 4.69) is 0 Å². The van der Waals surface area contributed by atoms with Crippen molar-refractivity contribution in [3.8, 4) is 0 Å². The van der Waals surface area contributed by atoms with Crippen molar-refractivity contribution in [1.82, 2.24) is 0 Å². The Morgan fingerprint density at radius 3 is 0.265 bits per heavy atom. The van der Waals surface area contributed by atoms with Crippen molar-refractivity contribution >= 4 is 152 Å². The molecule has 0 aromatic rings. The van der Waals surface area contributed by atoms with Gasteiger partial charge in [0, 0.05) is 0 Å².